The van der Waals surface area contributed by atoms with Crippen molar-refractivity contribution in [2.45, 2.75) is 24.5 Å². The van der Waals surface area contributed by atoms with Crippen LogP contribution in [0.15, 0.2) is 78.9 Å². The first-order chi connectivity index (χ1) is 18.9. The summed E-state index contributed by atoms with van der Waals surface area (Å²) in [5.74, 6) is -1.57. The predicted molar refractivity (Wildman–Crippen MR) is 142 cm³/mol. The molecule has 0 saturated carbocycles. The summed E-state index contributed by atoms with van der Waals surface area (Å²) in [4.78, 5) is 36.8. The molecule has 196 valence electrons. The lowest BCUT2D eigenvalue weighted by molar-refractivity contribution is 0.0145. The summed E-state index contributed by atoms with van der Waals surface area (Å²) in [5, 5.41) is 25.1. The molecule has 2 aliphatic rings. The minimum Gasteiger partial charge on any atom is -0.449 e. The summed E-state index contributed by atoms with van der Waals surface area (Å²) in [5.41, 5.74) is 5.32. The van der Waals surface area contributed by atoms with E-state index in [9.17, 15) is 24.6 Å². The van der Waals surface area contributed by atoms with Crippen molar-refractivity contribution >= 4 is 28.8 Å². The van der Waals surface area contributed by atoms with Gasteiger partial charge in [0.25, 0.3) is 0 Å². The molecule has 0 fully saturated rings. The van der Waals surface area contributed by atoms with Crippen molar-refractivity contribution in [3.63, 3.8) is 0 Å². The zero-order chi connectivity index (χ0) is 27.1. The van der Waals surface area contributed by atoms with Gasteiger partial charge in [0.2, 0.25) is 0 Å². The quantitative estimate of drug-likeness (QED) is 0.241. The van der Waals surface area contributed by atoms with Gasteiger partial charge in [-0.2, -0.15) is 0 Å². The fourth-order valence-electron chi connectivity index (χ4n) is 5.56. The topological polar surface area (TPSA) is 122 Å². The number of esters is 2. The Kier molecular flexibility index (Phi) is 6.34. The summed E-state index contributed by atoms with van der Waals surface area (Å²) in [6.07, 6.45) is -3.10. The summed E-state index contributed by atoms with van der Waals surface area (Å²) in [6.45, 7) is 0.244. The molecule has 1 aliphatic carbocycles. The third-order valence-corrected chi connectivity index (χ3v) is 7.44. The Hall–Kier alpha value is -4.53. The molecule has 0 radical (unpaired) electrons. The molecule has 8 nitrogen and oxygen atoms in total. The van der Waals surface area contributed by atoms with Gasteiger partial charge >= 0.3 is 18.0 Å². The van der Waals surface area contributed by atoms with Gasteiger partial charge in [-0.15, -0.1) is 0 Å². The molecule has 0 bridgehead atoms. The van der Waals surface area contributed by atoms with Crippen LogP contribution in [0.3, 0.4) is 0 Å². The van der Waals surface area contributed by atoms with Gasteiger partial charge in [-0.05, 0) is 51.8 Å². The van der Waals surface area contributed by atoms with Gasteiger partial charge in [-0.3, -0.25) is 0 Å². The number of hydrogen-bond acceptors (Lipinski definition) is 7. The highest BCUT2D eigenvalue weighted by molar-refractivity contribution is 6.21. The highest BCUT2D eigenvalue weighted by Gasteiger charge is 2.31. The highest BCUT2D eigenvalue weighted by Crippen LogP contribution is 2.44. The molecule has 6 rings (SSSR count). The van der Waals surface area contributed by atoms with Crippen LogP contribution >= 0.6 is 0 Å². The largest absolute Gasteiger partial charge is 0.449 e. The lowest BCUT2D eigenvalue weighted by Gasteiger charge is -2.22. The van der Waals surface area contributed by atoms with Crippen LogP contribution in [0.25, 0.3) is 21.9 Å². The maximum absolute atomic E-state index is 12.4. The summed E-state index contributed by atoms with van der Waals surface area (Å²) < 4.78 is 10.3. The van der Waals surface area contributed by atoms with Crippen molar-refractivity contribution in [3.8, 4) is 11.1 Å². The van der Waals surface area contributed by atoms with Gasteiger partial charge in [0, 0.05) is 17.8 Å². The normalized spacial score (nSPS) is 15.3. The number of aliphatic hydroxyl groups excluding tert-OH is 2. The van der Waals surface area contributed by atoms with Crippen LogP contribution in [0.5, 0.6) is 0 Å². The Morgan fingerprint density at radius 2 is 1.44 bits per heavy atom. The van der Waals surface area contributed by atoms with Crippen molar-refractivity contribution in [2.24, 2.45) is 0 Å². The van der Waals surface area contributed by atoms with E-state index >= 15 is 0 Å². The first-order valence-corrected chi connectivity index (χ1v) is 12.7. The fraction of sp³-hybridized carbons (Fsp3) is 0.194. The van der Waals surface area contributed by atoms with Gasteiger partial charge < -0.3 is 25.0 Å². The van der Waals surface area contributed by atoms with Crippen molar-refractivity contribution < 1.29 is 34.1 Å². The number of carbonyl (C=O) groups is 3. The maximum atomic E-state index is 12.4. The molecule has 2 unspecified atom stereocenters. The van der Waals surface area contributed by atoms with Gasteiger partial charge in [0.15, 0.2) is 0 Å². The van der Waals surface area contributed by atoms with Crippen LogP contribution in [0.1, 0.15) is 55.8 Å². The van der Waals surface area contributed by atoms with Crippen LogP contribution in [0.4, 0.5) is 4.79 Å². The van der Waals surface area contributed by atoms with E-state index in [0.717, 1.165) is 22.3 Å². The Morgan fingerprint density at radius 3 is 2.13 bits per heavy atom. The number of cyclic esters (lactones) is 2. The average Bonchev–Trinajstić information content (AvgIpc) is 3.27. The molecular formula is C31H25NO7. The highest BCUT2D eigenvalue weighted by atomic mass is 16.6. The Labute approximate surface area is 223 Å². The number of benzene rings is 4. The second-order valence-corrected chi connectivity index (χ2v) is 9.66. The smallest absolute Gasteiger partial charge is 0.407 e. The maximum Gasteiger partial charge on any atom is 0.407 e. The van der Waals surface area contributed by atoms with Crippen LogP contribution < -0.4 is 5.32 Å². The Bertz CT molecular complexity index is 1560. The molecule has 3 N–H and O–H groups in total. The van der Waals surface area contributed by atoms with Gasteiger partial charge in [0.1, 0.15) is 12.7 Å². The molecule has 0 spiro atoms. The van der Waals surface area contributed by atoms with Crippen molar-refractivity contribution in [1.82, 2.24) is 5.32 Å². The standard InChI is InChI=1S/C31H25NO7/c33-26(28(34)22-12-13-24-27-21(22)10-5-11-23(27)29(35)39-30(24)36)14-15-32-31(37)38-16-25-19-8-3-1-6-17(19)18-7-2-4-9-20(18)25/h1-13,25-26,28,33-34H,14-16H2,(H,32,37). The molecule has 0 saturated heterocycles. The van der Waals surface area contributed by atoms with E-state index < -0.39 is 30.2 Å². The zero-order valence-electron chi connectivity index (χ0n) is 20.8. The number of amides is 1. The summed E-state index contributed by atoms with van der Waals surface area (Å²) >= 11 is 0. The Balaban J connectivity index is 1.08. The molecule has 1 aliphatic heterocycles. The van der Waals surface area contributed by atoms with E-state index in [0.29, 0.717) is 16.3 Å². The SMILES string of the molecule is O=C(NCCC(O)C(O)c1ccc2c3c(cccc13)C(=O)OC2=O)OCC1c2ccccc2-c2ccccc21. The predicted octanol–water partition coefficient (Wildman–Crippen LogP) is 4.47. The van der Waals surface area contributed by atoms with E-state index in [1.165, 1.54) is 12.1 Å². The first kappa shape index (κ1) is 24.8. The molecule has 2 atom stereocenters. The molecule has 4 aromatic carbocycles. The second-order valence-electron chi connectivity index (χ2n) is 9.66. The fourth-order valence-corrected chi connectivity index (χ4v) is 5.56. The lowest BCUT2D eigenvalue weighted by atomic mass is 9.90. The molecule has 1 amide bonds. The minimum atomic E-state index is -1.31. The van der Waals surface area contributed by atoms with Crippen molar-refractivity contribution in [1.29, 1.82) is 0 Å². The third kappa shape index (κ3) is 4.33. The molecular weight excluding hydrogens is 498 g/mol. The second kappa shape index (κ2) is 9.98. The molecule has 39 heavy (non-hydrogen) atoms. The van der Waals surface area contributed by atoms with Crippen molar-refractivity contribution in [3.05, 3.63) is 107 Å². The number of aliphatic hydroxyl groups is 2. The van der Waals surface area contributed by atoms with Crippen LogP contribution in [0.2, 0.25) is 0 Å². The van der Waals surface area contributed by atoms with Crippen LogP contribution in [0, 0.1) is 0 Å². The lowest BCUT2D eigenvalue weighted by Crippen LogP contribution is -2.30. The van der Waals surface area contributed by atoms with Gasteiger partial charge in [-0.25, -0.2) is 14.4 Å². The number of carbonyl (C=O) groups excluding carboxylic acids is 3. The summed E-state index contributed by atoms with van der Waals surface area (Å²) in [7, 11) is 0. The molecule has 4 aromatic rings. The summed E-state index contributed by atoms with van der Waals surface area (Å²) in [6, 6.07) is 24.0. The minimum absolute atomic E-state index is 0.0509. The number of ether oxygens (including phenoxy) is 2. The number of alkyl carbamates (subject to hydrolysis) is 1. The van der Waals surface area contributed by atoms with E-state index in [1.54, 1.807) is 18.2 Å². The van der Waals surface area contributed by atoms with E-state index in [2.05, 4.69) is 17.4 Å². The Morgan fingerprint density at radius 1 is 0.821 bits per heavy atom. The molecule has 8 heteroatoms. The van der Waals surface area contributed by atoms with Crippen LogP contribution in [-0.4, -0.2) is 47.5 Å². The van der Waals surface area contributed by atoms with Crippen molar-refractivity contribution in [2.75, 3.05) is 13.2 Å². The zero-order valence-corrected chi connectivity index (χ0v) is 20.8. The van der Waals surface area contributed by atoms with E-state index in [4.69, 9.17) is 9.47 Å². The first-order valence-electron chi connectivity index (χ1n) is 12.7. The number of rotatable bonds is 7. The number of hydrogen-bond donors (Lipinski definition) is 3. The van der Waals surface area contributed by atoms with Gasteiger partial charge in [0.05, 0.1) is 17.2 Å². The molecule has 0 aromatic heterocycles. The third-order valence-electron chi connectivity index (χ3n) is 7.44. The number of fused-ring (bicyclic) bond motifs is 3. The van der Waals surface area contributed by atoms with E-state index in [1.807, 2.05) is 36.4 Å². The molecule has 1 heterocycles. The average molecular weight is 524 g/mol. The monoisotopic (exact) mass is 523 g/mol. The van der Waals surface area contributed by atoms with Gasteiger partial charge in [-0.1, -0.05) is 66.7 Å². The van der Waals surface area contributed by atoms with Crippen LogP contribution in [-0.2, 0) is 9.47 Å². The number of nitrogens with one attached hydrogen (secondary N) is 1. The van der Waals surface area contributed by atoms with E-state index in [-0.39, 0.29) is 36.6 Å².